The summed E-state index contributed by atoms with van der Waals surface area (Å²) in [4.78, 5) is 25.5. The van der Waals surface area contributed by atoms with Gasteiger partial charge in [0.05, 0.1) is 12.2 Å². The maximum atomic E-state index is 13.5. The van der Waals surface area contributed by atoms with E-state index in [0.29, 0.717) is 12.8 Å². The molecule has 4 fully saturated rings. The van der Waals surface area contributed by atoms with Crippen molar-refractivity contribution in [1.29, 1.82) is 0 Å². The Morgan fingerprint density at radius 2 is 1.97 bits per heavy atom. The number of Topliss-reactive ketones (excluding diaryl/α,β-unsaturated/α-hetero) is 1. The molecule has 0 amide bonds. The van der Waals surface area contributed by atoms with Crippen LogP contribution in [0, 0.1) is 28.6 Å². The Balaban J connectivity index is 1.41. The third kappa shape index (κ3) is 2.71. The molecule has 1 aliphatic heterocycles. The van der Waals surface area contributed by atoms with Crippen molar-refractivity contribution >= 4 is 11.6 Å². The van der Waals surface area contributed by atoms with E-state index in [-0.39, 0.29) is 34.7 Å². The minimum Gasteiger partial charge on any atom is -0.393 e. The summed E-state index contributed by atoms with van der Waals surface area (Å²) in [6.07, 6.45) is 6.21. The number of hydrogen-bond donors (Lipinski definition) is 2. The SMILES string of the molecule is C[C@]12C=CC(=O)C=C1CC[C@@H]1[C@@H]2[C@@H](O)C[C@@]2(C)[C@H]1CC1O[C@H](c3ccccc3)O[C@]12C(=O)CO. The zero-order valence-corrected chi connectivity index (χ0v) is 19.6. The van der Waals surface area contributed by atoms with Gasteiger partial charge in [0.1, 0.15) is 6.61 Å². The van der Waals surface area contributed by atoms with Gasteiger partial charge in [0.15, 0.2) is 23.5 Å². The van der Waals surface area contributed by atoms with Gasteiger partial charge in [-0.3, -0.25) is 9.59 Å². The fourth-order valence-electron chi connectivity index (χ4n) is 8.44. The van der Waals surface area contributed by atoms with E-state index in [1.807, 2.05) is 36.4 Å². The summed E-state index contributed by atoms with van der Waals surface area (Å²) < 4.78 is 13.0. The van der Waals surface area contributed by atoms with Gasteiger partial charge in [0.25, 0.3) is 0 Å². The monoisotopic (exact) mass is 464 g/mol. The molecule has 6 nitrogen and oxygen atoms in total. The third-order valence-corrected chi connectivity index (χ3v) is 9.87. The van der Waals surface area contributed by atoms with Crippen LogP contribution in [0.2, 0.25) is 0 Å². The molecule has 34 heavy (non-hydrogen) atoms. The molecular formula is C28H32O6. The number of rotatable bonds is 3. The van der Waals surface area contributed by atoms with Crippen molar-refractivity contribution in [3.63, 3.8) is 0 Å². The van der Waals surface area contributed by atoms with Gasteiger partial charge in [-0.1, -0.05) is 55.8 Å². The van der Waals surface area contributed by atoms with E-state index in [0.717, 1.165) is 24.0 Å². The van der Waals surface area contributed by atoms with Crippen LogP contribution in [0.15, 0.2) is 54.1 Å². The van der Waals surface area contributed by atoms with Gasteiger partial charge in [0.2, 0.25) is 0 Å². The molecule has 1 aromatic carbocycles. The van der Waals surface area contributed by atoms with Crippen molar-refractivity contribution in [1.82, 2.24) is 0 Å². The third-order valence-electron chi connectivity index (χ3n) is 9.87. The molecule has 0 radical (unpaired) electrons. The summed E-state index contributed by atoms with van der Waals surface area (Å²) in [5.41, 5.74) is -0.410. The van der Waals surface area contributed by atoms with Crippen LogP contribution in [-0.4, -0.2) is 46.2 Å². The second kappa shape index (κ2) is 7.44. The van der Waals surface area contributed by atoms with E-state index < -0.39 is 36.1 Å². The van der Waals surface area contributed by atoms with Crippen LogP contribution in [-0.2, 0) is 19.1 Å². The second-order valence-corrected chi connectivity index (χ2v) is 11.2. The highest BCUT2D eigenvalue weighted by Gasteiger charge is 2.75. The van der Waals surface area contributed by atoms with E-state index in [4.69, 9.17) is 9.47 Å². The minimum atomic E-state index is -1.30. The number of hydrogen-bond acceptors (Lipinski definition) is 6. The second-order valence-electron chi connectivity index (χ2n) is 11.2. The zero-order valence-electron chi connectivity index (χ0n) is 19.6. The zero-order chi connectivity index (χ0) is 23.9. The lowest BCUT2D eigenvalue weighted by atomic mass is 9.46. The first-order valence-electron chi connectivity index (χ1n) is 12.4. The molecule has 0 aromatic heterocycles. The van der Waals surface area contributed by atoms with Gasteiger partial charge in [-0.25, -0.2) is 0 Å². The summed E-state index contributed by atoms with van der Waals surface area (Å²) in [6, 6.07) is 9.57. The molecule has 6 heteroatoms. The first kappa shape index (κ1) is 22.4. The number of ketones is 2. The molecule has 4 aliphatic carbocycles. The molecular weight excluding hydrogens is 432 g/mol. The van der Waals surface area contributed by atoms with Crippen LogP contribution in [0.3, 0.4) is 0 Å². The quantitative estimate of drug-likeness (QED) is 0.713. The van der Waals surface area contributed by atoms with Crippen molar-refractivity contribution in [2.24, 2.45) is 28.6 Å². The number of aliphatic hydroxyl groups is 2. The molecule has 6 rings (SSSR count). The summed E-state index contributed by atoms with van der Waals surface area (Å²) in [7, 11) is 0. The lowest BCUT2D eigenvalue weighted by molar-refractivity contribution is -0.201. The highest BCUT2D eigenvalue weighted by molar-refractivity contribution is 6.01. The van der Waals surface area contributed by atoms with Crippen LogP contribution in [0.25, 0.3) is 0 Å². The lowest BCUT2D eigenvalue weighted by Crippen LogP contribution is -2.63. The molecule has 0 bridgehead atoms. The molecule has 1 unspecified atom stereocenters. The number of allylic oxidation sites excluding steroid dienone is 4. The normalized spacial score (nSPS) is 46.8. The summed E-state index contributed by atoms with van der Waals surface area (Å²) in [5, 5.41) is 21.7. The maximum Gasteiger partial charge on any atom is 0.193 e. The van der Waals surface area contributed by atoms with Crippen molar-refractivity contribution in [2.45, 2.75) is 63.6 Å². The average molecular weight is 465 g/mol. The molecule has 9 atom stereocenters. The van der Waals surface area contributed by atoms with Crippen molar-refractivity contribution < 1.29 is 29.3 Å². The molecule has 1 aromatic rings. The molecule has 3 saturated carbocycles. The van der Waals surface area contributed by atoms with E-state index in [1.165, 1.54) is 0 Å². The molecule has 5 aliphatic rings. The van der Waals surface area contributed by atoms with Crippen LogP contribution >= 0.6 is 0 Å². The van der Waals surface area contributed by atoms with Crippen molar-refractivity contribution in [2.75, 3.05) is 6.61 Å². The Labute approximate surface area is 199 Å². The number of carbonyl (C=O) groups is 2. The maximum absolute atomic E-state index is 13.5. The number of carbonyl (C=O) groups excluding carboxylic acids is 2. The Hall–Kier alpha value is -2.12. The number of benzene rings is 1. The molecule has 2 N–H and O–H groups in total. The number of aliphatic hydroxyl groups excluding tert-OH is 2. The van der Waals surface area contributed by atoms with Crippen LogP contribution in [0.4, 0.5) is 0 Å². The van der Waals surface area contributed by atoms with Crippen molar-refractivity contribution in [3.05, 3.63) is 59.7 Å². The minimum absolute atomic E-state index is 0.0118. The fourth-order valence-corrected chi connectivity index (χ4v) is 8.44. The lowest BCUT2D eigenvalue weighted by Gasteiger charge is -2.59. The van der Waals surface area contributed by atoms with Crippen LogP contribution < -0.4 is 0 Å². The predicted octanol–water partition coefficient (Wildman–Crippen LogP) is 3.29. The summed E-state index contributed by atoms with van der Waals surface area (Å²) in [5.74, 6) is -0.136. The average Bonchev–Trinajstić information content (AvgIpc) is 3.32. The summed E-state index contributed by atoms with van der Waals surface area (Å²) >= 11 is 0. The number of ether oxygens (including phenoxy) is 2. The smallest absolute Gasteiger partial charge is 0.193 e. The Morgan fingerprint density at radius 3 is 2.71 bits per heavy atom. The molecule has 180 valence electrons. The molecule has 0 spiro atoms. The molecule has 1 saturated heterocycles. The van der Waals surface area contributed by atoms with Crippen LogP contribution in [0.1, 0.15) is 51.4 Å². The largest absolute Gasteiger partial charge is 0.393 e. The van der Waals surface area contributed by atoms with E-state index in [2.05, 4.69) is 13.8 Å². The van der Waals surface area contributed by atoms with E-state index in [9.17, 15) is 19.8 Å². The predicted molar refractivity (Wildman–Crippen MR) is 123 cm³/mol. The Bertz CT molecular complexity index is 1090. The van der Waals surface area contributed by atoms with Gasteiger partial charge in [-0.2, -0.15) is 0 Å². The van der Waals surface area contributed by atoms with Gasteiger partial charge in [-0.05, 0) is 49.7 Å². The van der Waals surface area contributed by atoms with Gasteiger partial charge in [0, 0.05) is 22.3 Å². The first-order valence-corrected chi connectivity index (χ1v) is 12.4. The van der Waals surface area contributed by atoms with Gasteiger partial charge < -0.3 is 19.7 Å². The van der Waals surface area contributed by atoms with E-state index >= 15 is 0 Å². The Morgan fingerprint density at radius 1 is 1.21 bits per heavy atom. The fraction of sp³-hybridized carbons (Fsp3) is 0.571. The highest BCUT2D eigenvalue weighted by Crippen LogP contribution is 2.70. The standard InChI is InChI=1S/C28H32O6/c1-26-11-10-18(30)12-17(26)8-9-19-20-13-23-28(22(32)15-29,27(20,2)14-21(31)24(19)26)34-25(33-23)16-6-4-3-5-7-16/h3-7,10-12,19-21,23-25,29,31H,8-9,13-15H2,1-2H3/t19-,20-,21-,23?,24+,25-,26-,27-,28+/m0/s1. The first-order chi connectivity index (χ1) is 16.2. The number of fused-ring (bicyclic) bond motifs is 7. The van der Waals surface area contributed by atoms with Gasteiger partial charge in [-0.15, -0.1) is 0 Å². The van der Waals surface area contributed by atoms with Crippen LogP contribution in [0.5, 0.6) is 0 Å². The van der Waals surface area contributed by atoms with Crippen molar-refractivity contribution in [3.8, 4) is 0 Å². The summed E-state index contributed by atoms with van der Waals surface area (Å²) in [6.45, 7) is 3.56. The topological polar surface area (TPSA) is 93.1 Å². The Kier molecular flexibility index (Phi) is 4.89. The van der Waals surface area contributed by atoms with Gasteiger partial charge >= 0.3 is 0 Å². The highest BCUT2D eigenvalue weighted by atomic mass is 16.7. The molecule has 1 heterocycles. The van der Waals surface area contributed by atoms with E-state index in [1.54, 1.807) is 12.2 Å².